The smallest absolute Gasteiger partial charge is 0.318 e. The van der Waals surface area contributed by atoms with E-state index in [4.69, 9.17) is 4.74 Å². The summed E-state index contributed by atoms with van der Waals surface area (Å²) in [6, 6.07) is 15.3. The first-order chi connectivity index (χ1) is 14.2. The number of benzene rings is 2. The number of hydrogen-bond donors (Lipinski definition) is 0. The Balaban J connectivity index is 1.69. The van der Waals surface area contributed by atoms with Gasteiger partial charge < -0.3 is 9.30 Å². The van der Waals surface area contributed by atoms with Gasteiger partial charge in [0.05, 0.1) is 7.11 Å². The van der Waals surface area contributed by atoms with Gasteiger partial charge in [-0.3, -0.25) is 4.79 Å². The van der Waals surface area contributed by atoms with Crippen LogP contribution >= 0.6 is 11.8 Å². The van der Waals surface area contributed by atoms with Crippen molar-refractivity contribution in [3.63, 3.8) is 0 Å². The molecule has 1 atom stereocenters. The van der Waals surface area contributed by atoms with E-state index in [1.165, 1.54) is 54.5 Å². The highest BCUT2D eigenvalue weighted by Crippen LogP contribution is 2.35. The molecule has 2 aromatic carbocycles. The Kier molecular flexibility index (Phi) is 6.19. The van der Waals surface area contributed by atoms with Gasteiger partial charge in [0.2, 0.25) is 0 Å². The molecule has 0 spiro atoms. The van der Waals surface area contributed by atoms with E-state index in [1.807, 2.05) is 6.92 Å². The molecule has 0 bridgehead atoms. The van der Waals surface area contributed by atoms with Gasteiger partial charge in [-0.05, 0) is 36.1 Å². The number of thioether (sulfide) groups is 1. The van der Waals surface area contributed by atoms with E-state index in [1.54, 1.807) is 0 Å². The molecule has 0 aliphatic heterocycles. The van der Waals surface area contributed by atoms with Crippen LogP contribution in [0.1, 0.15) is 56.5 Å². The maximum absolute atomic E-state index is 11.9. The summed E-state index contributed by atoms with van der Waals surface area (Å²) in [6.07, 6.45) is 6.76. The fourth-order valence-corrected chi connectivity index (χ4v) is 5.17. The number of ether oxygens (including phenoxy) is 1. The normalized spacial score (nSPS) is 16.1. The van der Waals surface area contributed by atoms with Gasteiger partial charge in [-0.2, -0.15) is 0 Å². The van der Waals surface area contributed by atoms with Gasteiger partial charge in [-0.1, -0.05) is 73.5 Å². The summed E-state index contributed by atoms with van der Waals surface area (Å²) in [4.78, 5) is 11.9. The van der Waals surface area contributed by atoms with E-state index < -0.39 is 0 Å². The molecule has 29 heavy (non-hydrogen) atoms. The lowest BCUT2D eigenvalue weighted by molar-refractivity contribution is -0.139. The second-order valence-corrected chi connectivity index (χ2v) is 8.97. The molecule has 1 saturated carbocycles. The lowest BCUT2D eigenvalue weighted by Gasteiger charge is -2.26. The summed E-state index contributed by atoms with van der Waals surface area (Å²) in [5.41, 5.74) is 1.25. The van der Waals surface area contributed by atoms with Crippen LogP contribution in [0.5, 0.6) is 0 Å². The minimum absolute atomic E-state index is 0.233. The van der Waals surface area contributed by atoms with Crippen LogP contribution in [-0.4, -0.2) is 33.1 Å². The van der Waals surface area contributed by atoms with Crippen LogP contribution in [0.25, 0.3) is 10.8 Å². The van der Waals surface area contributed by atoms with Gasteiger partial charge >= 0.3 is 5.97 Å². The van der Waals surface area contributed by atoms with Crippen LogP contribution in [0.2, 0.25) is 0 Å². The lowest BCUT2D eigenvalue weighted by Crippen LogP contribution is -2.19. The molecule has 0 amide bonds. The van der Waals surface area contributed by atoms with Crippen LogP contribution in [0.15, 0.2) is 47.6 Å². The number of hydrogen-bond acceptors (Lipinski definition) is 5. The number of carbonyl (C=O) groups excluding carboxylic acids is 1. The third-order valence-corrected chi connectivity index (χ3v) is 6.75. The zero-order valence-electron chi connectivity index (χ0n) is 17.0. The van der Waals surface area contributed by atoms with Crippen molar-refractivity contribution in [1.82, 2.24) is 14.8 Å². The van der Waals surface area contributed by atoms with E-state index in [-0.39, 0.29) is 11.2 Å². The number of fused-ring (bicyclic) bond motifs is 1. The highest BCUT2D eigenvalue weighted by molar-refractivity contribution is 8.00. The first kappa shape index (κ1) is 20.0. The molecule has 0 radical (unpaired) electrons. The second kappa shape index (κ2) is 8.99. The van der Waals surface area contributed by atoms with E-state index in [9.17, 15) is 4.79 Å². The molecule has 152 valence electrons. The lowest BCUT2D eigenvalue weighted by atomic mass is 9.95. The highest BCUT2D eigenvalue weighted by atomic mass is 32.2. The standard InChI is InChI=1S/C23H27N3O2S/c1-16(22(27)28-2)29-23-25-24-21(26(23)19-12-4-3-5-13-19)15-18-11-8-10-17-9-6-7-14-20(17)18/h6-11,14,16,19H,3-5,12-13,15H2,1-2H3/t16-/m0/s1. The molecule has 5 nitrogen and oxygen atoms in total. The molecule has 1 aliphatic rings. The maximum atomic E-state index is 11.9. The average Bonchev–Trinajstić information content (AvgIpc) is 3.15. The Hall–Kier alpha value is -2.34. The predicted octanol–water partition coefficient (Wildman–Crippen LogP) is 5.18. The van der Waals surface area contributed by atoms with E-state index >= 15 is 0 Å². The van der Waals surface area contributed by atoms with Crippen LogP contribution < -0.4 is 0 Å². The minimum atomic E-state index is -0.308. The molecular weight excluding hydrogens is 382 g/mol. The zero-order chi connectivity index (χ0) is 20.2. The van der Waals surface area contributed by atoms with Gasteiger partial charge in [0.1, 0.15) is 11.1 Å². The van der Waals surface area contributed by atoms with Gasteiger partial charge in [0.25, 0.3) is 0 Å². The van der Waals surface area contributed by atoms with Crippen LogP contribution in [0.4, 0.5) is 0 Å². The topological polar surface area (TPSA) is 57.0 Å². The molecule has 1 fully saturated rings. The molecule has 0 N–H and O–H groups in total. The first-order valence-corrected chi connectivity index (χ1v) is 11.2. The molecule has 1 heterocycles. The summed E-state index contributed by atoms with van der Waals surface area (Å²) in [5.74, 6) is 0.747. The van der Waals surface area contributed by atoms with Gasteiger partial charge in [0.15, 0.2) is 5.16 Å². The van der Waals surface area contributed by atoms with Crippen molar-refractivity contribution in [1.29, 1.82) is 0 Å². The summed E-state index contributed by atoms with van der Waals surface area (Å²) in [5, 5.41) is 12.1. The quantitative estimate of drug-likeness (QED) is 0.415. The summed E-state index contributed by atoms with van der Waals surface area (Å²) >= 11 is 1.45. The molecule has 1 aliphatic carbocycles. The third-order valence-electron chi connectivity index (χ3n) is 5.72. The van der Waals surface area contributed by atoms with E-state index in [0.29, 0.717) is 6.04 Å². The molecule has 3 aromatic rings. The summed E-state index contributed by atoms with van der Waals surface area (Å²) < 4.78 is 7.20. The van der Waals surface area contributed by atoms with Crippen molar-refractivity contribution in [3.8, 4) is 0 Å². The van der Waals surface area contributed by atoms with Crippen molar-refractivity contribution in [2.45, 2.75) is 61.9 Å². The Bertz CT molecular complexity index is 989. The molecule has 1 aromatic heterocycles. The SMILES string of the molecule is COC(=O)[C@H](C)Sc1nnc(Cc2cccc3ccccc23)n1C1CCCCC1. The Morgan fingerprint density at radius 3 is 2.69 bits per heavy atom. The summed E-state index contributed by atoms with van der Waals surface area (Å²) in [6.45, 7) is 1.86. The fraction of sp³-hybridized carbons (Fsp3) is 0.435. The largest absolute Gasteiger partial charge is 0.468 e. The number of methoxy groups -OCH3 is 1. The number of aromatic nitrogens is 3. The first-order valence-electron chi connectivity index (χ1n) is 10.3. The van der Waals surface area contributed by atoms with Crippen molar-refractivity contribution < 1.29 is 9.53 Å². The Morgan fingerprint density at radius 2 is 1.90 bits per heavy atom. The monoisotopic (exact) mass is 409 g/mol. The third kappa shape index (κ3) is 4.32. The average molecular weight is 410 g/mol. The predicted molar refractivity (Wildman–Crippen MR) is 116 cm³/mol. The number of rotatable bonds is 6. The van der Waals surface area contributed by atoms with Crippen LogP contribution in [0.3, 0.4) is 0 Å². The molecule has 4 rings (SSSR count). The number of nitrogens with zero attached hydrogens (tertiary/aromatic N) is 3. The Labute approximate surface area is 175 Å². The molecule has 6 heteroatoms. The van der Waals surface area contributed by atoms with Crippen molar-refractivity contribution in [2.24, 2.45) is 0 Å². The van der Waals surface area contributed by atoms with Crippen LogP contribution in [0, 0.1) is 0 Å². The maximum Gasteiger partial charge on any atom is 0.318 e. The molecular formula is C23H27N3O2S. The van der Waals surface area contributed by atoms with E-state index in [2.05, 4.69) is 57.2 Å². The number of carbonyl (C=O) groups is 1. The minimum Gasteiger partial charge on any atom is -0.468 e. The number of esters is 1. The second-order valence-electron chi connectivity index (χ2n) is 7.66. The summed E-state index contributed by atoms with van der Waals surface area (Å²) in [7, 11) is 1.43. The van der Waals surface area contributed by atoms with Crippen molar-refractivity contribution >= 4 is 28.5 Å². The highest BCUT2D eigenvalue weighted by Gasteiger charge is 2.26. The molecule has 0 unspecified atom stereocenters. The van der Waals surface area contributed by atoms with Gasteiger partial charge in [0, 0.05) is 12.5 Å². The van der Waals surface area contributed by atoms with Gasteiger partial charge in [-0.25, -0.2) is 0 Å². The fourth-order valence-electron chi connectivity index (χ4n) is 4.20. The van der Waals surface area contributed by atoms with Crippen molar-refractivity contribution in [2.75, 3.05) is 7.11 Å². The van der Waals surface area contributed by atoms with Gasteiger partial charge in [-0.15, -0.1) is 10.2 Å². The van der Waals surface area contributed by atoms with Crippen molar-refractivity contribution in [3.05, 3.63) is 53.9 Å². The van der Waals surface area contributed by atoms with E-state index in [0.717, 1.165) is 30.2 Å². The van der Waals surface area contributed by atoms with Crippen LogP contribution in [-0.2, 0) is 16.0 Å². The Morgan fingerprint density at radius 1 is 1.14 bits per heavy atom. The molecule has 0 saturated heterocycles. The zero-order valence-corrected chi connectivity index (χ0v) is 17.8.